The fourth-order valence-electron chi connectivity index (χ4n) is 4.85. The van der Waals surface area contributed by atoms with Crippen molar-refractivity contribution in [2.75, 3.05) is 0 Å². The number of Topliss-reactive ketones (excluding diaryl/α,β-unsaturated/α-hetero) is 1. The normalized spacial score (nSPS) is 14.5. The van der Waals surface area contributed by atoms with E-state index in [0.29, 0.717) is 0 Å². The van der Waals surface area contributed by atoms with Crippen molar-refractivity contribution in [1.82, 2.24) is 4.57 Å². The number of rotatable bonds is 2. The van der Waals surface area contributed by atoms with Crippen LogP contribution in [-0.2, 0) is 12.0 Å². The predicted molar refractivity (Wildman–Crippen MR) is 113 cm³/mol. The largest absolute Gasteiger partial charge is 0.341 e. The van der Waals surface area contributed by atoms with E-state index >= 15 is 0 Å². The molecule has 1 aromatic heterocycles. The van der Waals surface area contributed by atoms with E-state index in [1.54, 1.807) is 6.92 Å². The third-order valence-corrected chi connectivity index (χ3v) is 6.29. The van der Waals surface area contributed by atoms with E-state index in [-0.39, 0.29) is 11.2 Å². The average Bonchev–Trinajstić information content (AvgIpc) is 3.09. The van der Waals surface area contributed by atoms with E-state index in [4.69, 9.17) is 0 Å². The van der Waals surface area contributed by atoms with Crippen LogP contribution in [0.15, 0.2) is 54.6 Å². The second-order valence-corrected chi connectivity index (χ2v) is 8.12. The van der Waals surface area contributed by atoms with Crippen LogP contribution in [0.4, 0.5) is 0 Å². The van der Waals surface area contributed by atoms with Gasteiger partial charge >= 0.3 is 0 Å². The van der Waals surface area contributed by atoms with E-state index in [9.17, 15) is 4.79 Å². The molecule has 1 heterocycles. The number of nitrogens with zero attached hydrogens (tertiary/aromatic N) is 1. The molecule has 0 aliphatic heterocycles. The zero-order chi connectivity index (χ0) is 18.9. The minimum Gasteiger partial charge on any atom is -0.341 e. The number of fused-ring (bicyclic) bond motifs is 6. The highest BCUT2D eigenvalue weighted by Crippen LogP contribution is 2.50. The summed E-state index contributed by atoms with van der Waals surface area (Å²) < 4.78 is 2.36. The first kappa shape index (κ1) is 16.3. The molecule has 0 unspecified atom stereocenters. The molecule has 1 aliphatic rings. The second kappa shape index (κ2) is 5.32. The maximum absolute atomic E-state index is 11.9. The summed E-state index contributed by atoms with van der Waals surface area (Å²) in [4.78, 5) is 11.9. The fourth-order valence-corrected chi connectivity index (χ4v) is 4.85. The molecule has 0 saturated carbocycles. The number of benzene rings is 3. The molecular formula is C25H23NO. The molecule has 0 spiro atoms. The lowest BCUT2D eigenvalue weighted by Gasteiger charge is -2.21. The van der Waals surface area contributed by atoms with Gasteiger partial charge in [-0.2, -0.15) is 0 Å². The topological polar surface area (TPSA) is 22.0 Å². The van der Waals surface area contributed by atoms with Crippen LogP contribution >= 0.6 is 0 Å². The Bertz CT molecular complexity index is 1260. The van der Waals surface area contributed by atoms with Crippen LogP contribution in [0.25, 0.3) is 32.9 Å². The lowest BCUT2D eigenvalue weighted by Crippen LogP contribution is -2.14. The third kappa shape index (κ3) is 2.04. The van der Waals surface area contributed by atoms with Crippen LogP contribution in [-0.4, -0.2) is 10.4 Å². The van der Waals surface area contributed by atoms with Crippen LogP contribution < -0.4 is 0 Å². The van der Waals surface area contributed by atoms with Crippen LogP contribution in [0, 0.1) is 0 Å². The Hall–Kier alpha value is -2.87. The van der Waals surface area contributed by atoms with Gasteiger partial charge in [0, 0.05) is 39.3 Å². The van der Waals surface area contributed by atoms with Gasteiger partial charge in [-0.1, -0.05) is 38.1 Å². The molecule has 5 rings (SSSR count). The van der Waals surface area contributed by atoms with Gasteiger partial charge < -0.3 is 4.57 Å². The maximum Gasteiger partial charge on any atom is 0.159 e. The Morgan fingerprint density at radius 3 is 2.37 bits per heavy atom. The minimum atomic E-state index is -0.0149. The molecule has 2 nitrogen and oxygen atoms in total. The first-order valence-corrected chi connectivity index (χ1v) is 9.64. The smallest absolute Gasteiger partial charge is 0.159 e. The summed E-state index contributed by atoms with van der Waals surface area (Å²) in [6.45, 7) is 9.34. The molecule has 0 radical (unpaired) electrons. The molecule has 0 atom stereocenters. The van der Waals surface area contributed by atoms with E-state index < -0.39 is 0 Å². The third-order valence-electron chi connectivity index (χ3n) is 6.29. The molecule has 27 heavy (non-hydrogen) atoms. The molecule has 1 aliphatic carbocycles. The molecule has 2 heteroatoms. The van der Waals surface area contributed by atoms with E-state index in [2.05, 4.69) is 73.9 Å². The zero-order valence-electron chi connectivity index (χ0n) is 16.3. The molecule has 134 valence electrons. The lowest BCUT2D eigenvalue weighted by atomic mass is 9.82. The lowest BCUT2D eigenvalue weighted by molar-refractivity contribution is 0.101. The summed E-state index contributed by atoms with van der Waals surface area (Å²) in [5.41, 5.74) is 8.67. The molecular weight excluding hydrogens is 330 g/mol. The van der Waals surface area contributed by atoms with Crippen molar-refractivity contribution in [2.24, 2.45) is 0 Å². The van der Waals surface area contributed by atoms with Crippen molar-refractivity contribution in [1.29, 1.82) is 0 Å². The Labute approximate surface area is 159 Å². The molecule has 3 aromatic carbocycles. The van der Waals surface area contributed by atoms with Crippen LogP contribution in [0.2, 0.25) is 0 Å². The quantitative estimate of drug-likeness (QED) is 0.386. The monoisotopic (exact) mass is 353 g/mol. The SMILES string of the molecule is CCn1c2ccc(C(C)=O)cc2c2cc3c(cc21)-c1ccccc1C3(C)C. The predicted octanol–water partition coefficient (Wildman–Crippen LogP) is 6.32. The van der Waals surface area contributed by atoms with Gasteiger partial charge in [-0.25, -0.2) is 0 Å². The van der Waals surface area contributed by atoms with Gasteiger partial charge in [-0.3, -0.25) is 4.79 Å². The summed E-state index contributed by atoms with van der Waals surface area (Å²) in [7, 11) is 0. The Balaban J connectivity index is 1.93. The van der Waals surface area contributed by atoms with E-state index in [1.165, 1.54) is 44.1 Å². The summed E-state index contributed by atoms with van der Waals surface area (Å²) >= 11 is 0. The van der Waals surface area contributed by atoms with Gasteiger partial charge in [-0.05, 0) is 66.4 Å². The highest BCUT2D eigenvalue weighted by Gasteiger charge is 2.35. The van der Waals surface area contributed by atoms with Gasteiger partial charge in [0.1, 0.15) is 0 Å². The van der Waals surface area contributed by atoms with Crippen molar-refractivity contribution in [2.45, 2.75) is 39.7 Å². The standard InChI is InChI=1S/C25H23NO/c1-5-26-23-11-10-16(15(2)27)12-19(23)20-13-22-18(14-24(20)26)17-8-6-7-9-21(17)25(22,3)4/h6-14H,5H2,1-4H3. The maximum atomic E-state index is 11.9. The van der Waals surface area contributed by atoms with Crippen LogP contribution in [0.1, 0.15) is 49.2 Å². The number of hydrogen-bond donors (Lipinski definition) is 0. The second-order valence-electron chi connectivity index (χ2n) is 8.12. The summed E-state index contributed by atoms with van der Waals surface area (Å²) in [5.74, 6) is 0.114. The molecule has 4 aromatic rings. The van der Waals surface area contributed by atoms with Gasteiger partial charge in [0.2, 0.25) is 0 Å². The van der Waals surface area contributed by atoms with Gasteiger partial charge in [0.05, 0.1) is 0 Å². The molecule has 0 N–H and O–H groups in total. The number of carbonyl (C=O) groups is 1. The van der Waals surface area contributed by atoms with Crippen molar-refractivity contribution >= 4 is 27.6 Å². The number of aromatic nitrogens is 1. The Morgan fingerprint density at radius 2 is 1.63 bits per heavy atom. The zero-order valence-corrected chi connectivity index (χ0v) is 16.3. The molecule has 0 saturated heterocycles. The number of aryl methyl sites for hydroxylation is 1. The highest BCUT2D eigenvalue weighted by molar-refractivity contribution is 6.12. The van der Waals surface area contributed by atoms with Crippen LogP contribution in [0.3, 0.4) is 0 Å². The number of hydrogen-bond acceptors (Lipinski definition) is 1. The molecule has 0 fully saturated rings. The van der Waals surface area contributed by atoms with Crippen LogP contribution in [0.5, 0.6) is 0 Å². The average molecular weight is 353 g/mol. The molecule has 0 amide bonds. The minimum absolute atomic E-state index is 0.0149. The van der Waals surface area contributed by atoms with Crippen molar-refractivity contribution in [3.8, 4) is 11.1 Å². The summed E-state index contributed by atoms with van der Waals surface area (Å²) in [5, 5.41) is 2.42. The number of ketones is 1. The first-order valence-electron chi connectivity index (χ1n) is 9.64. The van der Waals surface area contributed by atoms with Crippen molar-refractivity contribution in [3.63, 3.8) is 0 Å². The van der Waals surface area contributed by atoms with Crippen molar-refractivity contribution < 1.29 is 4.79 Å². The first-order chi connectivity index (χ1) is 12.9. The number of carbonyl (C=O) groups excluding carboxylic acids is 1. The van der Waals surface area contributed by atoms with E-state index in [1.807, 2.05) is 6.07 Å². The van der Waals surface area contributed by atoms with Crippen molar-refractivity contribution in [3.05, 3.63) is 71.3 Å². The highest BCUT2D eigenvalue weighted by atomic mass is 16.1. The van der Waals surface area contributed by atoms with E-state index in [0.717, 1.165) is 12.1 Å². The Morgan fingerprint density at radius 1 is 0.889 bits per heavy atom. The fraction of sp³-hybridized carbons (Fsp3) is 0.240. The Kier molecular flexibility index (Phi) is 3.22. The van der Waals surface area contributed by atoms with Gasteiger partial charge in [-0.15, -0.1) is 0 Å². The van der Waals surface area contributed by atoms with Gasteiger partial charge in [0.15, 0.2) is 5.78 Å². The summed E-state index contributed by atoms with van der Waals surface area (Å²) in [6.07, 6.45) is 0. The summed E-state index contributed by atoms with van der Waals surface area (Å²) in [6, 6.07) is 19.6. The van der Waals surface area contributed by atoms with Gasteiger partial charge in [0.25, 0.3) is 0 Å². The molecule has 0 bridgehead atoms.